The zero-order valence-electron chi connectivity index (χ0n) is 9.67. The van der Waals surface area contributed by atoms with Crippen molar-refractivity contribution in [3.8, 4) is 0 Å². The summed E-state index contributed by atoms with van der Waals surface area (Å²) < 4.78 is 38.7. The molecular formula is C11H16F3N3. The average molecular weight is 247 g/mol. The highest BCUT2D eigenvalue weighted by molar-refractivity contribution is 5.05. The lowest BCUT2D eigenvalue weighted by molar-refractivity contribution is -0.141. The molecule has 1 heterocycles. The van der Waals surface area contributed by atoms with E-state index in [0.717, 1.165) is 32.0 Å². The van der Waals surface area contributed by atoms with Crippen LogP contribution in [0.25, 0.3) is 0 Å². The van der Waals surface area contributed by atoms with Gasteiger partial charge in [-0.3, -0.25) is 4.68 Å². The van der Waals surface area contributed by atoms with Gasteiger partial charge >= 0.3 is 6.18 Å². The summed E-state index contributed by atoms with van der Waals surface area (Å²) in [6, 6.07) is 1.16. The highest BCUT2D eigenvalue weighted by atomic mass is 19.4. The van der Waals surface area contributed by atoms with Crippen molar-refractivity contribution >= 4 is 0 Å². The molecule has 0 aliphatic heterocycles. The smallest absolute Gasteiger partial charge is 0.317 e. The van der Waals surface area contributed by atoms with Crippen LogP contribution < -0.4 is 5.32 Å². The summed E-state index contributed by atoms with van der Waals surface area (Å²) >= 11 is 0. The van der Waals surface area contributed by atoms with Crippen molar-refractivity contribution in [2.24, 2.45) is 5.92 Å². The summed E-state index contributed by atoms with van der Waals surface area (Å²) in [7, 11) is 0. The van der Waals surface area contributed by atoms with Crippen LogP contribution in [0.1, 0.15) is 31.5 Å². The number of hydrogen-bond acceptors (Lipinski definition) is 2. The Bertz CT molecular complexity index is 372. The van der Waals surface area contributed by atoms with Gasteiger partial charge in [0.2, 0.25) is 0 Å². The Balaban J connectivity index is 2.01. The SMILES string of the molecule is CCNCC1CCC1n1ccc(C(F)(F)F)n1. The van der Waals surface area contributed by atoms with Crippen LogP contribution in [-0.2, 0) is 6.18 Å². The fourth-order valence-electron chi connectivity index (χ4n) is 2.14. The second-order valence-electron chi connectivity index (χ2n) is 4.39. The molecule has 2 unspecified atom stereocenters. The van der Waals surface area contributed by atoms with Gasteiger partial charge in [-0.2, -0.15) is 18.3 Å². The van der Waals surface area contributed by atoms with Crippen molar-refractivity contribution in [3.63, 3.8) is 0 Å². The molecule has 3 nitrogen and oxygen atoms in total. The van der Waals surface area contributed by atoms with Crippen molar-refractivity contribution in [2.45, 2.75) is 32.0 Å². The van der Waals surface area contributed by atoms with Crippen LogP contribution in [0, 0.1) is 5.92 Å². The lowest BCUT2D eigenvalue weighted by Crippen LogP contribution is -2.37. The molecule has 1 aliphatic carbocycles. The number of nitrogens with zero attached hydrogens (tertiary/aromatic N) is 2. The molecule has 0 spiro atoms. The van der Waals surface area contributed by atoms with Crippen LogP contribution in [0.2, 0.25) is 0 Å². The third kappa shape index (κ3) is 2.62. The summed E-state index contributed by atoms with van der Waals surface area (Å²) in [6.07, 6.45) is -0.939. The molecule has 17 heavy (non-hydrogen) atoms. The Labute approximate surface area is 98.0 Å². The molecule has 1 aromatic rings. The van der Waals surface area contributed by atoms with Crippen molar-refractivity contribution in [1.82, 2.24) is 15.1 Å². The first-order valence-corrected chi connectivity index (χ1v) is 5.85. The Morgan fingerprint density at radius 3 is 2.71 bits per heavy atom. The molecular weight excluding hydrogens is 231 g/mol. The van der Waals surface area contributed by atoms with E-state index in [9.17, 15) is 13.2 Å². The molecule has 1 saturated carbocycles. The van der Waals surface area contributed by atoms with Crippen LogP contribution in [0.15, 0.2) is 12.3 Å². The molecule has 0 bridgehead atoms. The Morgan fingerprint density at radius 2 is 2.24 bits per heavy atom. The molecule has 0 aromatic carbocycles. The summed E-state index contributed by atoms with van der Waals surface area (Å²) in [5.41, 5.74) is -0.799. The molecule has 2 rings (SSSR count). The summed E-state index contributed by atoms with van der Waals surface area (Å²) in [5.74, 6) is 0.399. The number of aromatic nitrogens is 2. The van der Waals surface area contributed by atoms with Crippen LogP contribution in [0.4, 0.5) is 13.2 Å². The minimum absolute atomic E-state index is 0.116. The van der Waals surface area contributed by atoms with E-state index in [0.29, 0.717) is 5.92 Å². The topological polar surface area (TPSA) is 29.9 Å². The lowest BCUT2D eigenvalue weighted by atomic mass is 9.79. The van der Waals surface area contributed by atoms with E-state index in [1.807, 2.05) is 6.92 Å². The molecule has 0 amide bonds. The van der Waals surface area contributed by atoms with Gasteiger partial charge in [-0.25, -0.2) is 0 Å². The number of halogens is 3. The summed E-state index contributed by atoms with van der Waals surface area (Å²) in [5, 5.41) is 6.85. The molecule has 96 valence electrons. The molecule has 6 heteroatoms. The first kappa shape index (κ1) is 12.4. The van der Waals surface area contributed by atoms with Crippen LogP contribution in [0.5, 0.6) is 0 Å². The zero-order valence-corrected chi connectivity index (χ0v) is 9.67. The Kier molecular flexibility index (Phi) is 3.42. The van der Waals surface area contributed by atoms with Crippen molar-refractivity contribution < 1.29 is 13.2 Å². The van der Waals surface area contributed by atoms with Gasteiger partial charge in [0.15, 0.2) is 5.69 Å². The van der Waals surface area contributed by atoms with Gasteiger partial charge in [-0.15, -0.1) is 0 Å². The highest BCUT2D eigenvalue weighted by Gasteiger charge is 2.37. The average Bonchev–Trinajstić information content (AvgIpc) is 2.65. The summed E-state index contributed by atoms with van der Waals surface area (Å²) in [4.78, 5) is 0. The number of hydrogen-bond donors (Lipinski definition) is 1. The first-order chi connectivity index (χ1) is 8.02. The Hall–Kier alpha value is -1.04. The maximum atomic E-state index is 12.4. The van der Waals surface area contributed by atoms with E-state index < -0.39 is 11.9 Å². The second-order valence-corrected chi connectivity index (χ2v) is 4.39. The van der Waals surface area contributed by atoms with Gasteiger partial charge in [-0.1, -0.05) is 6.92 Å². The molecule has 1 aliphatic rings. The zero-order chi connectivity index (χ0) is 12.5. The van der Waals surface area contributed by atoms with Crippen LogP contribution in [0.3, 0.4) is 0 Å². The normalized spacial score (nSPS) is 24.7. The van der Waals surface area contributed by atoms with E-state index in [4.69, 9.17) is 0 Å². The molecule has 0 saturated heterocycles. The third-order valence-electron chi connectivity index (χ3n) is 3.27. The number of nitrogens with one attached hydrogen (secondary N) is 1. The monoisotopic (exact) mass is 247 g/mol. The molecule has 1 aromatic heterocycles. The second kappa shape index (κ2) is 4.68. The maximum absolute atomic E-state index is 12.4. The Morgan fingerprint density at radius 1 is 1.47 bits per heavy atom. The number of rotatable bonds is 4. The number of alkyl halides is 3. The van der Waals surface area contributed by atoms with E-state index in [1.54, 1.807) is 0 Å². The lowest BCUT2D eigenvalue weighted by Gasteiger charge is -2.36. The van der Waals surface area contributed by atoms with E-state index in [-0.39, 0.29) is 6.04 Å². The summed E-state index contributed by atoms with van der Waals surface area (Å²) in [6.45, 7) is 3.75. The largest absolute Gasteiger partial charge is 0.435 e. The van der Waals surface area contributed by atoms with Gasteiger partial charge in [0, 0.05) is 6.20 Å². The van der Waals surface area contributed by atoms with Crippen LogP contribution in [-0.4, -0.2) is 22.9 Å². The molecule has 1 fully saturated rings. The van der Waals surface area contributed by atoms with E-state index >= 15 is 0 Å². The quantitative estimate of drug-likeness (QED) is 0.885. The fraction of sp³-hybridized carbons (Fsp3) is 0.727. The van der Waals surface area contributed by atoms with Gasteiger partial charge < -0.3 is 5.32 Å². The van der Waals surface area contributed by atoms with Gasteiger partial charge in [-0.05, 0) is 37.9 Å². The van der Waals surface area contributed by atoms with E-state index in [1.165, 1.54) is 10.9 Å². The first-order valence-electron chi connectivity index (χ1n) is 5.85. The predicted molar refractivity (Wildman–Crippen MR) is 57.5 cm³/mol. The predicted octanol–water partition coefficient (Wildman–Crippen LogP) is 2.46. The minimum Gasteiger partial charge on any atom is -0.317 e. The van der Waals surface area contributed by atoms with Gasteiger partial charge in [0.05, 0.1) is 6.04 Å². The van der Waals surface area contributed by atoms with Crippen LogP contribution >= 0.6 is 0 Å². The highest BCUT2D eigenvalue weighted by Crippen LogP contribution is 2.38. The van der Waals surface area contributed by atoms with Gasteiger partial charge in [0.25, 0.3) is 0 Å². The standard InChI is InChI=1S/C11H16F3N3/c1-2-15-7-8-3-4-9(8)17-6-5-10(16-17)11(12,13)14/h5-6,8-9,15H,2-4,7H2,1H3. The van der Waals surface area contributed by atoms with Crippen molar-refractivity contribution in [1.29, 1.82) is 0 Å². The molecule has 2 atom stereocenters. The van der Waals surface area contributed by atoms with E-state index in [2.05, 4.69) is 10.4 Å². The molecule has 1 N–H and O–H groups in total. The maximum Gasteiger partial charge on any atom is 0.435 e. The van der Waals surface area contributed by atoms with Crippen molar-refractivity contribution in [3.05, 3.63) is 18.0 Å². The molecule has 0 radical (unpaired) electrons. The third-order valence-corrected chi connectivity index (χ3v) is 3.27. The minimum atomic E-state index is -4.34. The fourth-order valence-corrected chi connectivity index (χ4v) is 2.14. The van der Waals surface area contributed by atoms with Gasteiger partial charge in [0.1, 0.15) is 0 Å². The van der Waals surface area contributed by atoms with Crippen molar-refractivity contribution in [2.75, 3.05) is 13.1 Å².